The van der Waals surface area contributed by atoms with E-state index < -0.39 is 23.3 Å². The van der Waals surface area contributed by atoms with Gasteiger partial charge >= 0.3 is 0 Å². The van der Waals surface area contributed by atoms with Crippen LogP contribution in [0.25, 0.3) is 11.1 Å². The van der Waals surface area contributed by atoms with Crippen LogP contribution in [0.4, 0.5) is 17.6 Å². The van der Waals surface area contributed by atoms with E-state index in [1.54, 1.807) is 6.92 Å². The molecule has 0 amide bonds. The van der Waals surface area contributed by atoms with Crippen LogP contribution in [-0.2, 0) is 11.2 Å². The number of hydrogen-bond donors (Lipinski definition) is 0. The molecule has 2 aromatic carbocycles. The first-order valence-electron chi connectivity index (χ1n) is 13.3. The van der Waals surface area contributed by atoms with Crippen LogP contribution in [0.2, 0.25) is 0 Å². The fourth-order valence-electron chi connectivity index (χ4n) is 5.61. The molecule has 2 aliphatic rings. The minimum Gasteiger partial charge on any atom is -0.498 e. The molecule has 0 spiro atoms. The van der Waals surface area contributed by atoms with Crippen LogP contribution in [0.15, 0.2) is 36.1 Å². The molecule has 1 heterocycles. The number of rotatable bonds is 9. The van der Waals surface area contributed by atoms with E-state index in [0.717, 1.165) is 18.1 Å². The molecule has 1 fully saturated rings. The highest BCUT2D eigenvalue weighted by Gasteiger charge is 2.27. The molecule has 196 valence electrons. The van der Waals surface area contributed by atoms with Crippen molar-refractivity contribution in [3.05, 3.63) is 64.9 Å². The van der Waals surface area contributed by atoms with Crippen molar-refractivity contribution in [2.24, 2.45) is 17.8 Å². The van der Waals surface area contributed by atoms with Gasteiger partial charge in [-0.1, -0.05) is 31.9 Å². The van der Waals surface area contributed by atoms with E-state index in [-0.39, 0.29) is 35.0 Å². The number of aryl methyl sites for hydroxylation is 1. The molecular formula is C30H36F4O2. The molecule has 2 aromatic rings. The second-order valence-electron chi connectivity index (χ2n) is 10.1. The van der Waals surface area contributed by atoms with Crippen LogP contribution >= 0.6 is 0 Å². The van der Waals surface area contributed by atoms with Gasteiger partial charge in [0.25, 0.3) is 0 Å². The van der Waals surface area contributed by atoms with Crippen molar-refractivity contribution < 1.29 is 27.0 Å². The van der Waals surface area contributed by atoms with Gasteiger partial charge in [0.2, 0.25) is 5.82 Å². The van der Waals surface area contributed by atoms with Gasteiger partial charge in [0.15, 0.2) is 23.2 Å². The van der Waals surface area contributed by atoms with Gasteiger partial charge in [-0.2, -0.15) is 4.39 Å². The summed E-state index contributed by atoms with van der Waals surface area (Å²) < 4.78 is 69.6. The standard InChI is InChI=1S/C30H36F4O2/c1-3-5-19-6-10-21(11-7-19)25-16-9-20(18-36-25)8-12-22-13-14-23(28(32)27(22)31)24-15-17-26(35-4-2)30(34)29(24)33/h13-17,19-21H,3-12,18H2,1-2H3. The predicted molar refractivity (Wildman–Crippen MR) is 134 cm³/mol. The fourth-order valence-corrected chi connectivity index (χ4v) is 5.61. The van der Waals surface area contributed by atoms with Gasteiger partial charge in [-0.25, -0.2) is 13.2 Å². The Balaban J connectivity index is 1.36. The Morgan fingerprint density at radius 3 is 2.14 bits per heavy atom. The van der Waals surface area contributed by atoms with E-state index in [0.29, 0.717) is 25.4 Å². The third kappa shape index (κ3) is 5.90. The number of hydrogen-bond acceptors (Lipinski definition) is 2. The van der Waals surface area contributed by atoms with Crippen molar-refractivity contribution in [1.82, 2.24) is 0 Å². The summed E-state index contributed by atoms with van der Waals surface area (Å²) in [6.45, 7) is 4.65. The molecule has 0 radical (unpaired) electrons. The average Bonchev–Trinajstić information content (AvgIpc) is 2.89. The summed E-state index contributed by atoms with van der Waals surface area (Å²) in [4.78, 5) is 0. The first-order valence-corrected chi connectivity index (χ1v) is 13.3. The summed E-state index contributed by atoms with van der Waals surface area (Å²) in [5, 5.41) is 0. The Hall–Kier alpha value is -2.50. The summed E-state index contributed by atoms with van der Waals surface area (Å²) in [7, 11) is 0. The molecule has 1 unspecified atom stereocenters. The van der Waals surface area contributed by atoms with Crippen molar-refractivity contribution in [1.29, 1.82) is 0 Å². The largest absolute Gasteiger partial charge is 0.498 e. The van der Waals surface area contributed by atoms with Crippen LogP contribution in [0.3, 0.4) is 0 Å². The molecule has 36 heavy (non-hydrogen) atoms. The Bertz CT molecular complexity index is 1070. The zero-order chi connectivity index (χ0) is 25.7. The van der Waals surface area contributed by atoms with Crippen LogP contribution in [0.5, 0.6) is 5.75 Å². The lowest BCUT2D eigenvalue weighted by Gasteiger charge is -2.33. The summed E-state index contributed by atoms with van der Waals surface area (Å²) in [6.07, 6.45) is 11.6. The van der Waals surface area contributed by atoms with Gasteiger partial charge in [-0.3, -0.25) is 0 Å². The summed E-state index contributed by atoms with van der Waals surface area (Å²) in [5.74, 6) is -2.18. The van der Waals surface area contributed by atoms with Gasteiger partial charge in [-0.05, 0) is 87.5 Å². The zero-order valence-corrected chi connectivity index (χ0v) is 21.2. The minimum atomic E-state index is -1.26. The first-order chi connectivity index (χ1) is 17.4. The summed E-state index contributed by atoms with van der Waals surface area (Å²) in [6, 6.07) is 5.21. The van der Waals surface area contributed by atoms with Crippen molar-refractivity contribution in [2.45, 2.75) is 71.6 Å². The Labute approximate surface area is 211 Å². The molecule has 2 nitrogen and oxygen atoms in total. The quantitative estimate of drug-likeness (QED) is 0.318. The Kier molecular flexibility index (Phi) is 8.97. The van der Waals surface area contributed by atoms with Gasteiger partial charge < -0.3 is 9.47 Å². The SMILES string of the molecule is CCCC1CCC(C2=CCC(CCc3ccc(-c4ccc(OCC)c(F)c4F)c(F)c3F)CO2)CC1. The van der Waals surface area contributed by atoms with Crippen LogP contribution < -0.4 is 4.74 Å². The van der Waals surface area contributed by atoms with E-state index in [4.69, 9.17) is 9.47 Å². The molecule has 0 N–H and O–H groups in total. The molecule has 1 aliphatic heterocycles. The lowest BCUT2D eigenvalue weighted by atomic mass is 9.78. The monoisotopic (exact) mass is 504 g/mol. The third-order valence-electron chi connectivity index (χ3n) is 7.71. The number of halogens is 4. The third-order valence-corrected chi connectivity index (χ3v) is 7.71. The van der Waals surface area contributed by atoms with Gasteiger partial charge in [0.05, 0.1) is 19.0 Å². The number of allylic oxidation sites excluding steroid dienone is 2. The maximum Gasteiger partial charge on any atom is 0.201 e. The van der Waals surface area contributed by atoms with Crippen LogP contribution in [-0.4, -0.2) is 13.2 Å². The number of benzene rings is 2. The average molecular weight is 505 g/mol. The van der Waals surface area contributed by atoms with Crippen molar-refractivity contribution in [3.8, 4) is 16.9 Å². The maximum absolute atomic E-state index is 14.9. The topological polar surface area (TPSA) is 18.5 Å². The predicted octanol–water partition coefficient (Wildman–Crippen LogP) is 8.77. The normalized spacial score (nSPS) is 22.2. The van der Waals surface area contributed by atoms with Gasteiger partial charge in [0.1, 0.15) is 0 Å². The smallest absolute Gasteiger partial charge is 0.201 e. The lowest BCUT2D eigenvalue weighted by Crippen LogP contribution is -2.22. The second-order valence-corrected chi connectivity index (χ2v) is 10.1. The Morgan fingerprint density at radius 1 is 0.806 bits per heavy atom. The van der Waals surface area contributed by atoms with E-state index in [1.807, 2.05) is 0 Å². The zero-order valence-electron chi connectivity index (χ0n) is 21.2. The molecular weight excluding hydrogens is 468 g/mol. The maximum atomic E-state index is 14.9. The fraction of sp³-hybridized carbons (Fsp3) is 0.533. The van der Waals surface area contributed by atoms with Crippen LogP contribution in [0.1, 0.15) is 70.8 Å². The molecule has 0 bridgehead atoms. The van der Waals surface area contributed by atoms with Crippen LogP contribution in [0, 0.1) is 41.0 Å². The first kappa shape index (κ1) is 26.6. The number of ether oxygens (including phenoxy) is 2. The highest BCUT2D eigenvalue weighted by atomic mass is 19.2. The summed E-state index contributed by atoms with van der Waals surface area (Å²) >= 11 is 0. The highest BCUT2D eigenvalue weighted by molar-refractivity contribution is 5.66. The molecule has 6 heteroatoms. The second kappa shape index (κ2) is 12.2. The molecule has 0 saturated heterocycles. The minimum absolute atomic E-state index is 0.163. The van der Waals surface area contributed by atoms with Gasteiger partial charge in [0, 0.05) is 17.0 Å². The van der Waals surface area contributed by atoms with Gasteiger partial charge in [-0.15, -0.1) is 0 Å². The lowest BCUT2D eigenvalue weighted by molar-refractivity contribution is 0.0999. The molecule has 1 aliphatic carbocycles. The molecule has 1 saturated carbocycles. The molecule has 1 atom stereocenters. The van der Waals surface area contributed by atoms with E-state index in [9.17, 15) is 17.6 Å². The summed E-state index contributed by atoms with van der Waals surface area (Å²) in [5.41, 5.74) is -0.411. The highest BCUT2D eigenvalue weighted by Crippen LogP contribution is 2.38. The van der Waals surface area contributed by atoms with E-state index in [1.165, 1.54) is 62.8 Å². The van der Waals surface area contributed by atoms with Crippen molar-refractivity contribution in [3.63, 3.8) is 0 Å². The molecule has 4 rings (SSSR count). The molecule has 0 aromatic heterocycles. The Morgan fingerprint density at radius 2 is 1.50 bits per heavy atom. The van der Waals surface area contributed by atoms with Crippen molar-refractivity contribution in [2.75, 3.05) is 13.2 Å². The van der Waals surface area contributed by atoms with E-state index in [2.05, 4.69) is 13.0 Å². The van der Waals surface area contributed by atoms with Crippen molar-refractivity contribution >= 4 is 0 Å². The van der Waals surface area contributed by atoms with E-state index >= 15 is 0 Å².